The molecule has 0 radical (unpaired) electrons. The maximum absolute atomic E-state index is 8.85. The van der Waals surface area contributed by atoms with E-state index in [4.69, 9.17) is 15.6 Å². The Labute approximate surface area is 121 Å². The number of aliphatic hydroxyl groups is 1. The first-order chi connectivity index (χ1) is 9.17. The predicted molar refractivity (Wildman–Crippen MR) is 80.1 cm³/mol. The lowest BCUT2D eigenvalue weighted by Gasteiger charge is -2.08. The Morgan fingerprint density at radius 1 is 1.05 bits per heavy atom. The molecule has 0 aliphatic carbocycles. The van der Waals surface area contributed by atoms with Crippen molar-refractivity contribution < 1.29 is 9.84 Å². The summed E-state index contributed by atoms with van der Waals surface area (Å²) in [5.41, 5.74) is 8.60. The Morgan fingerprint density at radius 3 is 2.42 bits per heavy atom. The number of hydrogen-bond donors (Lipinski definition) is 2. The number of benzene rings is 2. The zero-order chi connectivity index (χ0) is 13.7. The van der Waals surface area contributed by atoms with Crippen LogP contribution < -0.4 is 10.5 Å². The molecule has 0 amide bonds. The molecule has 0 bridgehead atoms. The van der Waals surface area contributed by atoms with Crippen molar-refractivity contribution >= 4 is 21.6 Å². The fourth-order valence-electron chi connectivity index (χ4n) is 1.81. The molecule has 0 aliphatic heterocycles. The van der Waals surface area contributed by atoms with E-state index in [1.54, 1.807) is 0 Å². The fraction of sp³-hybridized carbons (Fsp3) is 0.200. The summed E-state index contributed by atoms with van der Waals surface area (Å²) in [6, 6.07) is 13.5. The maximum Gasteiger partial charge on any atom is 0.119 e. The molecule has 0 saturated heterocycles. The van der Waals surface area contributed by atoms with Gasteiger partial charge in [-0.1, -0.05) is 28.1 Å². The van der Waals surface area contributed by atoms with Crippen LogP contribution in [0.5, 0.6) is 5.75 Å². The van der Waals surface area contributed by atoms with Gasteiger partial charge in [0.05, 0.1) is 0 Å². The Hall–Kier alpha value is -1.52. The average Bonchev–Trinajstić information content (AvgIpc) is 2.37. The van der Waals surface area contributed by atoms with Crippen LogP contribution in [0.25, 0.3) is 0 Å². The van der Waals surface area contributed by atoms with Gasteiger partial charge in [-0.3, -0.25) is 0 Å². The third kappa shape index (κ3) is 4.26. The highest BCUT2D eigenvalue weighted by Crippen LogP contribution is 2.19. The maximum atomic E-state index is 8.85. The lowest BCUT2D eigenvalue weighted by molar-refractivity contribution is 0.298. The number of nitrogen functional groups attached to an aromatic ring is 1. The highest BCUT2D eigenvalue weighted by atomic mass is 79.9. The second-order valence-electron chi connectivity index (χ2n) is 4.30. The second-order valence-corrected chi connectivity index (χ2v) is 5.21. The first-order valence-corrected chi connectivity index (χ1v) is 6.84. The smallest absolute Gasteiger partial charge is 0.119 e. The molecule has 0 fully saturated rings. The van der Waals surface area contributed by atoms with Crippen LogP contribution in [0.1, 0.15) is 11.1 Å². The Morgan fingerprint density at radius 2 is 1.79 bits per heavy atom. The lowest BCUT2D eigenvalue weighted by atomic mass is 10.1. The third-order valence-corrected chi connectivity index (χ3v) is 3.17. The van der Waals surface area contributed by atoms with Gasteiger partial charge in [0.2, 0.25) is 0 Å². The van der Waals surface area contributed by atoms with E-state index in [9.17, 15) is 0 Å². The Bertz CT molecular complexity index is 520. The minimum absolute atomic E-state index is 0.164. The molecule has 0 heterocycles. The van der Waals surface area contributed by atoms with Crippen molar-refractivity contribution in [1.29, 1.82) is 0 Å². The van der Waals surface area contributed by atoms with E-state index in [0.29, 0.717) is 18.7 Å². The normalized spacial score (nSPS) is 10.4. The number of anilines is 1. The number of halogens is 1. The number of nitrogens with two attached hydrogens (primary N) is 1. The molecular formula is C15H16BrNO2. The van der Waals surface area contributed by atoms with E-state index in [2.05, 4.69) is 15.9 Å². The summed E-state index contributed by atoms with van der Waals surface area (Å²) in [4.78, 5) is 0. The molecule has 2 aromatic rings. The van der Waals surface area contributed by atoms with Crippen LogP contribution in [0.3, 0.4) is 0 Å². The van der Waals surface area contributed by atoms with Crippen LogP contribution in [-0.2, 0) is 13.0 Å². The van der Waals surface area contributed by atoms with E-state index in [0.717, 1.165) is 21.3 Å². The van der Waals surface area contributed by atoms with Gasteiger partial charge in [-0.05, 0) is 47.9 Å². The summed E-state index contributed by atoms with van der Waals surface area (Å²) in [6.45, 7) is 0.639. The van der Waals surface area contributed by atoms with Crippen LogP contribution in [-0.4, -0.2) is 11.7 Å². The third-order valence-electron chi connectivity index (χ3n) is 2.71. The topological polar surface area (TPSA) is 55.5 Å². The van der Waals surface area contributed by atoms with Crippen LogP contribution in [0.2, 0.25) is 0 Å². The second kappa shape index (κ2) is 6.59. The summed E-state index contributed by atoms with van der Waals surface area (Å²) in [5.74, 6) is 0.806. The first kappa shape index (κ1) is 13.9. The van der Waals surface area contributed by atoms with Crippen LogP contribution in [0, 0.1) is 0 Å². The van der Waals surface area contributed by atoms with Crippen LogP contribution in [0.4, 0.5) is 5.69 Å². The molecule has 0 spiro atoms. The highest BCUT2D eigenvalue weighted by Gasteiger charge is 2.00. The van der Waals surface area contributed by atoms with E-state index < -0.39 is 0 Å². The summed E-state index contributed by atoms with van der Waals surface area (Å²) in [7, 11) is 0. The fourth-order valence-corrected chi connectivity index (χ4v) is 2.37. The standard InChI is InChI=1S/C15H16BrNO2/c16-13-7-12(8-14(17)9-13)10-19-15-3-1-11(2-4-15)5-6-18/h1-4,7-9,18H,5-6,10,17H2. The van der Waals surface area contributed by atoms with Crippen LogP contribution >= 0.6 is 15.9 Å². The number of hydrogen-bond acceptors (Lipinski definition) is 3. The van der Waals surface area contributed by atoms with E-state index in [1.807, 2.05) is 42.5 Å². The average molecular weight is 322 g/mol. The molecule has 100 valence electrons. The van der Waals surface area contributed by atoms with Gasteiger partial charge in [-0.15, -0.1) is 0 Å². The van der Waals surface area contributed by atoms with Gasteiger partial charge in [0.25, 0.3) is 0 Å². The van der Waals surface area contributed by atoms with Gasteiger partial charge in [0, 0.05) is 16.8 Å². The molecule has 2 rings (SSSR count). The SMILES string of the molecule is Nc1cc(Br)cc(COc2ccc(CCO)cc2)c1. The van der Waals surface area contributed by atoms with Gasteiger partial charge in [0.1, 0.15) is 12.4 Å². The molecule has 0 aliphatic rings. The number of rotatable bonds is 5. The van der Waals surface area contributed by atoms with Crippen molar-refractivity contribution in [3.05, 3.63) is 58.1 Å². The van der Waals surface area contributed by atoms with E-state index in [-0.39, 0.29) is 6.61 Å². The molecule has 4 heteroatoms. The quantitative estimate of drug-likeness (QED) is 0.832. The molecule has 0 aromatic heterocycles. The van der Waals surface area contributed by atoms with Crippen molar-refractivity contribution in [2.24, 2.45) is 0 Å². The minimum atomic E-state index is 0.164. The first-order valence-electron chi connectivity index (χ1n) is 6.05. The van der Waals surface area contributed by atoms with Crippen LogP contribution in [0.15, 0.2) is 46.9 Å². The van der Waals surface area contributed by atoms with Crippen molar-refractivity contribution in [2.75, 3.05) is 12.3 Å². The highest BCUT2D eigenvalue weighted by molar-refractivity contribution is 9.10. The van der Waals surface area contributed by atoms with Gasteiger partial charge in [-0.2, -0.15) is 0 Å². The molecular weight excluding hydrogens is 306 g/mol. The molecule has 2 aromatic carbocycles. The Balaban J connectivity index is 1.98. The molecule has 0 unspecified atom stereocenters. The van der Waals surface area contributed by atoms with Crippen molar-refractivity contribution in [1.82, 2.24) is 0 Å². The van der Waals surface area contributed by atoms with Gasteiger partial charge in [-0.25, -0.2) is 0 Å². The predicted octanol–water partition coefficient (Wildman–Crippen LogP) is 3.15. The molecule has 19 heavy (non-hydrogen) atoms. The lowest BCUT2D eigenvalue weighted by Crippen LogP contribution is -1.97. The van der Waals surface area contributed by atoms with E-state index >= 15 is 0 Å². The molecule has 0 atom stereocenters. The number of aliphatic hydroxyl groups excluding tert-OH is 1. The summed E-state index contributed by atoms with van der Waals surface area (Å²) in [6.07, 6.45) is 0.669. The minimum Gasteiger partial charge on any atom is -0.489 e. The van der Waals surface area contributed by atoms with E-state index in [1.165, 1.54) is 0 Å². The summed E-state index contributed by atoms with van der Waals surface area (Å²) >= 11 is 3.41. The zero-order valence-corrected chi connectivity index (χ0v) is 12.1. The largest absolute Gasteiger partial charge is 0.489 e. The monoisotopic (exact) mass is 321 g/mol. The molecule has 0 saturated carbocycles. The van der Waals surface area contributed by atoms with Crippen molar-refractivity contribution in [3.8, 4) is 5.75 Å². The molecule has 3 N–H and O–H groups in total. The van der Waals surface area contributed by atoms with Crippen molar-refractivity contribution in [3.63, 3.8) is 0 Å². The van der Waals surface area contributed by atoms with Gasteiger partial charge >= 0.3 is 0 Å². The summed E-state index contributed by atoms with van der Waals surface area (Å²) in [5, 5.41) is 8.85. The zero-order valence-electron chi connectivity index (χ0n) is 10.5. The van der Waals surface area contributed by atoms with Gasteiger partial charge < -0.3 is 15.6 Å². The number of ether oxygens (including phenoxy) is 1. The summed E-state index contributed by atoms with van der Waals surface area (Å²) < 4.78 is 6.64. The van der Waals surface area contributed by atoms with Crippen molar-refractivity contribution in [2.45, 2.75) is 13.0 Å². The molecule has 3 nitrogen and oxygen atoms in total. The Kier molecular flexibility index (Phi) is 4.82. The van der Waals surface area contributed by atoms with Gasteiger partial charge in [0.15, 0.2) is 0 Å².